The zero-order valence-corrected chi connectivity index (χ0v) is 15.2. The van der Waals surface area contributed by atoms with Crippen molar-refractivity contribution in [3.05, 3.63) is 64.7 Å². The van der Waals surface area contributed by atoms with Gasteiger partial charge in [-0.1, -0.05) is 11.6 Å². The zero-order valence-electron chi connectivity index (χ0n) is 14.4. The van der Waals surface area contributed by atoms with Crippen LogP contribution in [0, 0.1) is 11.6 Å². The Hall–Kier alpha value is -2.51. The first-order valence-corrected chi connectivity index (χ1v) is 8.82. The van der Waals surface area contributed by atoms with Crippen LogP contribution in [0.2, 0.25) is 5.02 Å². The Kier molecular flexibility index (Phi) is 6.03. The quantitative estimate of drug-likeness (QED) is 0.868. The summed E-state index contributed by atoms with van der Waals surface area (Å²) in [7, 11) is 0. The molecule has 1 aliphatic rings. The molecule has 2 aromatic carbocycles. The van der Waals surface area contributed by atoms with E-state index in [9.17, 15) is 18.4 Å². The predicted octanol–water partition coefficient (Wildman–Crippen LogP) is 3.01. The molecule has 0 spiro atoms. The summed E-state index contributed by atoms with van der Waals surface area (Å²) in [6, 6.07) is 9.25. The second kappa shape index (κ2) is 8.45. The SMILES string of the molecule is O=C(CN1CCN(C(=O)c2ccc(F)cc2Cl)CC1)Nc1ccc(F)cc1. The highest BCUT2D eigenvalue weighted by Gasteiger charge is 2.24. The van der Waals surface area contributed by atoms with Crippen molar-refractivity contribution in [2.24, 2.45) is 0 Å². The number of piperazine rings is 1. The van der Waals surface area contributed by atoms with Crippen molar-refractivity contribution < 1.29 is 18.4 Å². The Morgan fingerprint density at radius 3 is 2.22 bits per heavy atom. The molecule has 1 saturated heterocycles. The lowest BCUT2D eigenvalue weighted by atomic mass is 10.1. The first kappa shape index (κ1) is 19.3. The van der Waals surface area contributed by atoms with E-state index in [0.29, 0.717) is 31.9 Å². The number of anilines is 1. The van der Waals surface area contributed by atoms with Crippen molar-refractivity contribution in [3.63, 3.8) is 0 Å². The van der Waals surface area contributed by atoms with Gasteiger partial charge >= 0.3 is 0 Å². The number of nitrogens with one attached hydrogen (secondary N) is 1. The molecule has 0 bridgehead atoms. The molecule has 1 aliphatic heterocycles. The van der Waals surface area contributed by atoms with Gasteiger partial charge in [0.15, 0.2) is 0 Å². The molecule has 0 atom stereocenters. The van der Waals surface area contributed by atoms with E-state index in [0.717, 1.165) is 6.07 Å². The normalized spacial score (nSPS) is 14.9. The Morgan fingerprint density at radius 2 is 1.59 bits per heavy atom. The van der Waals surface area contributed by atoms with Crippen molar-refractivity contribution in [3.8, 4) is 0 Å². The lowest BCUT2D eigenvalue weighted by Crippen LogP contribution is -2.50. The van der Waals surface area contributed by atoms with Crippen molar-refractivity contribution in [1.82, 2.24) is 9.80 Å². The van der Waals surface area contributed by atoms with Gasteiger partial charge in [-0.2, -0.15) is 0 Å². The van der Waals surface area contributed by atoms with Gasteiger partial charge in [-0.15, -0.1) is 0 Å². The van der Waals surface area contributed by atoms with Gasteiger partial charge < -0.3 is 10.2 Å². The summed E-state index contributed by atoms with van der Waals surface area (Å²) in [6.07, 6.45) is 0. The molecule has 8 heteroatoms. The van der Waals surface area contributed by atoms with Crippen LogP contribution in [-0.2, 0) is 4.79 Å². The number of nitrogens with zero attached hydrogens (tertiary/aromatic N) is 2. The van der Waals surface area contributed by atoms with Crippen LogP contribution in [0.3, 0.4) is 0 Å². The summed E-state index contributed by atoms with van der Waals surface area (Å²) in [5.41, 5.74) is 0.793. The van der Waals surface area contributed by atoms with Gasteiger partial charge in [-0.3, -0.25) is 14.5 Å². The minimum absolute atomic E-state index is 0.0844. The average molecular weight is 394 g/mol. The van der Waals surface area contributed by atoms with Gasteiger partial charge in [0.05, 0.1) is 17.1 Å². The molecule has 0 saturated carbocycles. The van der Waals surface area contributed by atoms with Gasteiger partial charge in [-0.05, 0) is 42.5 Å². The van der Waals surface area contributed by atoms with Crippen molar-refractivity contribution >= 4 is 29.1 Å². The maximum absolute atomic E-state index is 13.1. The number of hydrogen-bond donors (Lipinski definition) is 1. The third-order valence-corrected chi connectivity index (χ3v) is 4.63. The Labute approximate surface area is 160 Å². The van der Waals surface area contributed by atoms with E-state index in [1.807, 2.05) is 4.90 Å². The van der Waals surface area contributed by atoms with E-state index in [2.05, 4.69) is 5.32 Å². The van der Waals surface area contributed by atoms with Gasteiger partial charge in [0, 0.05) is 31.9 Å². The van der Waals surface area contributed by atoms with Crippen LogP contribution in [0.4, 0.5) is 14.5 Å². The number of carbonyl (C=O) groups is 2. The molecule has 2 amide bonds. The lowest BCUT2D eigenvalue weighted by molar-refractivity contribution is -0.117. The second-order valence-corrected chi connectivity index (χ2v) is 6.65. The van der Waals surface area contributed by atoms with Crippen LogP contribution in [0.15, 0.2) is 42.5 Å². The van der Waals surface area contributed by atoms with Crippen LogP contribution in [0.5, 0.6) is 0 Å². The van der Waals surface area contributed by atoms with Crippen molar-refractivity contribution in [2.75, 3.05) is 38.0 Å². The largest absolute Gasteiger partial charge is 0.336 e. The summed E-state index contributed by atoms with van der Waals surface area (Å²) in [6.45, 7) is 2.12. The van der Waals surface area contributed by atoms with Crippen LogP contribution in [0.25, 0.3) is 0 Å². The summed E-state index contributed by atoms with van der Waals surface area (Å²) >= 11 is 5.95. The number of rotatable bonds is 4. The lowest BCUT2D eigenvalue weighted by Gasteiger charge is -2.34. The Morgan fingerprint density at radius 1 is 0.963 bits per heavy atom. The van der Waals surface area contributed by atoms with Gasteiger partial charge in [0.25, 0.3) is 5.91 Å². The molecule has 142 valence electrons. The third-order valence-electron chi connectivity index (χ3n) is 4.32. The van der Waals surface area contributed by atoms with Gasteiger partial charge in [-0.25, -0.2) is 8.78 Å². The topological polar surface area (TPSA) is 52.7 Å². The van der Waals surface area contributed by atoms with Crippen LogP contribution in [0.1, 0.15) is 10.4 Å². The summed E-state index contributed by atoms with van der Waals surface area (Å²) in [4.78, 5) is 28.2. The fourth-order valence-corrected chi connectivity index (χ4v) is 3.13. The van der Waals surface area contributed by atoms with Crippen molar-refractivity contribution in [1.29, 1.82) is 0 Å². The van der Waals surface area contributed by atoms with E-state index in [-0.39, 0.29) is 34.8 Å². The highest BCUT2D eigenvalue weighted by Crippen LogP contribution is 2.20. The Bertz CT molecular complexity index is 837. The predicted molar refractivity (Wildman–Crippen MR) is 98.8 cm³/mol. The average Bonchev–Trinajstić information content (AvgIpc) is 2.64. The molecule has 1 N–H and O–H groups in total. The fraction of sp³-hybridized carbons (Fsp3) is 0.263. The number of carbonyl (C=O) groups excluding carboxylic acids is 2. The maximum atomic E-state index is 13.1. The summed E-state index contributed by atoms with van der Waals surface area (Å²) < 4.78 is 26.0. The highest BCUT2D eigenvalue weighted by atomic mass is 35.5. The fourth-order valence-electron chi connectivity index (χ4n) is 2.88. The van der Waals surface area contributed by atoms with Crippen LogP contribution >= 0.6 is 11.6 Å². The van der Waals surface area contributed by atoms with E-state index in [1.165, 1.54) is 36.4 Å². The number of halogens is 3. The molecule has 0 radical (unpaired) electrons. The first-order chi connectivity index (χ1) is 12.9. The molecule has 1 heterocycles. The molecule has 0 unspecified atom stereocenters. The molecule has 3 rings (SSSR count). The second-order valence-electron chi connectivity index (χ2n) is 6.25. The standard InChI is InChI=1S/C19H18ClF2N3O2/c20-17-11-14(22)3-6-16(17)19(27)25-9-7-24(8-10-25)12-18(26)23-15-4-1-13(21)2-5-15/h1-6,11H,7-10,12H2,(H,23,26). The van der Waals surface area contributed by atoms with Crippen LogP contribution < -0.4 is 5.32 Å². The van der Waals surface area contributed by atoms with Gasteiger partial charge in [0.2, 0.25) is 5.91 Å². The number of hydrogen-bond acceptors (Lipinski definition) is 3. The number of amides is 2. The smallest absolute Gasteiger partial charge is 0.255 e. The molecule has 0 aromatic heterocycles. The monoisotopic (exact) mass is 393 g/mol. The molecule has 0 aliphatic carbocycles. The molecular formula is C19H18ClF2N3O2. The summed E-state index contributed by atoms with van der Waals surface area (Å²) in [5.74, 6) is -1.32. The zero-order chi connectivity index (χ0) is 19.4. The van der Waals surface area contributed by atoms with E-state index >= 15 is 0 Å². The number of benzene rings is 2. The molecule has 2 aromatic rings. The highest BCUT2D eigenvalue weighted by molar-refractivity contribution is 6.33. The third kappa shape index (κ3) is 5.02. The molecule has 1 fully saturated rings. The van der Waals surface area contributed by atoms with Crippen molar-refractivity contribution in [2.45, 2.75) is 0 Å². The minimum Gasteiger partial charge on any atom is -0.336 e. The van der Waals surface area contributed by atoms with E-state index < -0.39 is 5.82 Å². The molecule has 27 heavy (non-hydrogen) atoms. The molecule has 5 nitrogen and oxygen atoms in total. The van der Waals surface area contributed by atoms with Crippen LogP contribution in [-0.4, -0.2) is 54.3 Å². The van der Waals surface area contributed by atoms with E-state index in [1.54, 1.807) is 4.90 Å². The summed E-state index contributed by atoms with van der Waals surface area (Å²) in [5, 5.41) is 2.79. The molecular weight excluding hydrogens is 376 g/mol. The Balaban J connectivity index is 1.50. The first-order valence-electron chi connectivity index (χ1n) is 8.44. The minimum atomic E-state index is -0.492. The van der Waals surface area contributed by atoms with Gasteiger partial charge in [0.1, 0.15) is 11.6 Å². The maximum Gasteiger partial charge on any atom is 0.255 e. The van der Waals surface area contributed by atoms with E-state index in [4.69, 9.17) is 11.6 Å².